The predicted octanol–water partition coefficient (Wildman–Crippen LogP) is 6.12. The van der Waals surface area contributed by atoms with E-state index in [1.807, 2.05) is 6.07 Å². The molecule has 0 radical (unpaired) electrons. The Kier molecular flexibility index (Phi) is 7.41. The standard InChI is InChI=1S/C22H19Cl3FNO3/c1-20(2,22(25,19(28)29)12-15-8-10-16(26)11-9-15)21(14-27,13-18(23)24)30-17-6-4-3-5-7-17/h3-11,13H,12H2,1-2H3,(H,28,29). The third-order valence-corrected chi connectivity index (χ3v) is 6.11. The zero-order valence-electron chi connectivity index (χ0n) is 16.2. The fourth-order valence-corrected chi connectivity index (χ4v) is 3.70. The molecule has 30 heavy (non-hydrogen) atoms. The van der Waals surface area contributed by atoms with Gasteiger partial charge in [-0.15, -0.1) is 11.6 Å². The number of halogens is 4. The van der Waals surface area contributed by atoms with Crippen LogP contribution in [0.5, 0.6) is 5.75 Å². The minimum Gasteiger partial charge on any atom is -0.480 e. The summed E-state index contributed by atoms with van der Waals surface area (Å²) in [4.78, 5) is 10.3. The van der Waals surface area contributed by atoms with Crippen LogP contribution in [0.3, 0.4) is 0 Å². The van der Waals surface area contributed by atoms with Crippen molar-refractivity contribution < 1.29 is 19.0 Å². The van der Waals surface area contributed by atoms with Gasteiger partial charge in [-0.2, -0.15) is 5.26 Å². The van der Waals surface area contributed by atoms with Crippen LogP contribution in [0.4, 0.5) is 4.39 Å². The van der Waals surface area contributed by atoms with Crippen LogP contribution in [-0.4, -0.2) is 21.6 Å². The third kappa shape index (κ3) is 4.73. The number of aliphatic carboxylic acids is 1. The number of nitrogens with zero attached hydrogens (tertiary/aromatic N) is 1. The van der Waals surface area contributed by atoms with E-state index < -0.39 is 27.7 Å². The number of nitriles is 1. The minimum atomic E-state index is -2.05. The molecule has 2 atom stereocenters. The van der Waals surface area contributed by atoms with Gasteiger partial charge < -0.3 is 9.84 Å². The molecule has 0 spiro atoms. The molecular formula is C22H19Cl3FNO3. The van der Waals surface area contributed by atoms with Crippen molar-refractivity contribution in [2.24, 2.45) is 5.41 Å². The number of alkyl halides is 1. The second-order valence-electron chi connectivity index (χ2n) is 7.23. The summed E-state index contributed by atoms with van der Waals surface area (Å²) >= 11 is 18.5. The number of carboxylic acid groups (broad SMARTS) is 1. The van der Waals surface area contributed by atoms with E-state index in [2.05, 4.69) is 0 Å². The first-order valence-corrected chi connectivity index (χ1v) is 9.97. The van der Waals surface area contributed by atoms with Gasteiger partial charge in [-0.05, 0) is 29.8 Å². The summed E-state index contributed by atoms with van der Waals surface area (Å²) in [7, 11) is 0. The van der Waals surface area contributed by atoms with Gasteiger partial charge in [-0.1, -0.05) is 67.4 Å². The van der Waals surface area contributed by atoms with Crippen LogP contribution >= 0.6 is 34.8 Å². The van der Waals surface area contributed by atoms with Crippen molar-refractivity contribution in [3.63, 3.8) is 0 Å². The van der Waals surface area contributed by atoms with Crippen LogP contribution in [0.15, 0.2) is 65.2 Å². The van der Waals surface area contributed by atoms with E-state index >= 15 is 0 Å². The van der Waals surface area contributed by atoms with Crippen molar-refractivity contribution in [1.29, 1.82) is 5.26 Å². The number of para-hydroxylation sites is 1. The van der Waals surface area contributed by atoms with E-state index in [9.17, 15) is 19.6 Å². The topological polar surface area (TPSA) is 70.3 Å². The van der Waals surface area contributed by atoms with Gasteiger partial charge in [-0.3, -0.25) is 4.79 Å². The Morgan fingerprint density at radius 3 is 2.20 bits per heavy atom. The minimum absolute atomic E-state index is 0.216. The Hall–Kier alpha value is -2.26. The molecule has 0 saturated carbocycles. The maximum Gasteiger partial charge on any atom is 0.325 e. The van der Waals surface area contributed by atoms with Crippen LogP contribution in [0.25, 0.3) is 0 Å². The summed E-state index contributed by atoms with van der Waals surface area (Å²) in [5.41, 5.74) is -3.07. The van der Waals surface area contributed by atoms with Gasteiger partial charge in [0.25, 0.3) is 0 Å². The number of carbonyl (C=O) groups is 1. The molecule has 0 aliphatic rings. The second-order valence-corrected chi connectivity index (χ2v) is 8.88. The summed E-state index contributed by atoms with van der Waals surface area (Å²) in [6.07, 6.45) is 0.917. The van der Waals surface area contributed by atoms with Gasteiger partial charge in [0.05, 0.1) is 5.41 Å². The van der Waals surface area contributed by atoms with Gasteiger partial charge >= 0.3 is 5.97 Å². The van der Waals surface area contributed by atoms with Crippen LogP contribution < -0.4 is 4.74 Å². The van der Waals surface area contributed by atoms with Gasteiger partial charge in [0.15, 0.2) is 4.87 Å². The molecule has 0 aliphatic heterocycles. The van der Waals surface area contributed by atoms with Crippen LogP contribution in [0.1, 0.15) is 19.4 Å². The molecule has 2 unspecified atom stereocenters. The zero-order valence-corrected chi connectivity index (χ0v) is 18.5. The molecule has 0 aromatic heterocycles. The molecule has 0 fully saturated rings. The van der Waals surface area contributed by atoms with E-state index in [0.717, 1.165) is 6.08 Å². The number of ether oxygens (including phenoxy) is 1. The lowest BCUT2D eigenvalue weighted by Gasteiger charge is -2.47. The Labute approximate surface area is 189 Å². The molecule has 2 aromatic carbocycles. The van der Waals surface area contributed by atoms with E-state index in [1.54, 1.807) is 30.3 Å². The highest BCUT2D eigenvalue weighted by molar-refractivity contribution is 6.56. The van der Waals surface area contributed by atoms with Crippen molar-refractivity contribution in [3.05, 3.63) is 76.5 Å². The molecular weight excluding hydrogens is 452 g/mol. The van der Waals surface area contributed by atoms with Gasteiger partial charge in [0.2, 0.25) is 5.60 Å². The zero-order chi connectivity index (χ0) is 22.6. The number of hydrogen-bond acceptors (Lipinski definition) is 3. The average Bonchev–Trinajstić information content (AvgIpc) is 2.69. The van der Waals surface area contributed by atoms with Crippen LogP contribution in [0, 0.1) is 22.6 Å². The molecule has 8 heteroatoms. The molecule has 0 amide bonds. The van der Waals surface area contributed by atoms with Crippen molar-refractivity contribution >= 4 is 40.8 Å². The molecule has 158 valence electrons. The van der Waals surface area contributed by atoms with Crippen molar-refractivity contribution in [2.75, 3.05) is 0 Å². The second kappa shape index (κ2) is 9.26. The summed E-state index contributed by atoms with van der Waals surface area (Å²) < 4.78 is 19.0. The summed E-state index contributed by atoms with van der Waals surface area (Å²) in [5.74, 6) is -1.55. The smallest absolute Gasteiger partial charge is 0.325 e. The number of benzene rings is 2. The molecule has 2 aromatic rings. The molecule has 4 nitrogen and oxygen atoms in total. The first-order chi connectivity index (χ1) is 14.0. The Balaban J connectivity index is 2.65. The van der Waals surface area contributed by atoms with Crippen molar-refractivity contribution in [1.82, 2.24) is 0 Å². The number of carboxylic acids is 1. The fourth-order valence-electron chi connectivity index (χ4n) is 3.10. The summed E-state index contributed by atoms with van der Waals surface area (Å²) in [6.45, 7) is 2.97. The van der Waals surface area contributed by atoms with Gasteiger partial charge in [-0.25, -0.2) is 4.39 Å². The Morgan fingerprint density at radius 1 is 1.17 bits per heavy atom. The lowest BCUT2D eigenvalue weighted by molar-refractivity contribution is -0.147. The van der Waals surface area contributed by atoms with Gasteiger partial charge in [0, 0.05) is 12.5 Å². The van der Waals surface area contributed by atoms with Crippen molar-refractivity contribution in [3.8, 4) is 11.8 Å². The van der Waals surface area contributed by atoms with E-state index in [4.69, 9.17) is 39.5 Å². The number of rotatable bonds is 8. The van der Waals surface area contributed by atoms with E-state index in [0.29, 0.717) is 11.3 Å². The lowest BCUT2D eigenvalue weighted by Crippen LogP contribution is -2.61. The normalized spacial score (nSPS) is 15.2. The largest absolute Gasteiger partial charge is 0.480 e. The van der Waals surface area contributed by atoms with E-state index in [-0.39, 0.29) is 10.9 Å². The van der Waals surface area contributed by atoms with Crippen molar-refractivity contribution in [2.45, 2.75) is 30.7 Å². The summed E-state index contributed by atoms with van der Waals surface area (Å²) in [6, 6.07) is 15.6. The third-order valence-electron chi connectivity index (χ3n) is 5.12. The molecule has 2 rings (SSSR count). The quantitative estimate of drug-likeness (QED) is 0.472. The molecule has 1 N–H and O–H groups in total. The predicted molar refractivity (Wildman–Crippen MR) is 115 cm³/mol. The lowest BCUT2D eigenvalue weighted by atomic mass is 9.64. The highest BCUT2D eigenvalue weighted by Crippen LogP contribution is 2.50. The molecule has 0 aliphatic carbocycles. The molecule has 0 saturated heterocycles. The Morgan fingerprint density at radius 2 is 1.73 bits per heavy atom. The SMILES string of the molecule is CC(C)(C(C#N)(C=C(Cl)Cl)Oc1ccccc1)C(Cl)(Cc1ccc(F)cc1)C(=O)O. The monoisotopic (exact) mass is 469 g/mol. The highest BCUT2D eigenvalue weighted by Gasteiger charge is 2.62. The maximum atomic E-state index is 13.3. The Bertz CT molecular complexity index is 969. The first kappa shape index (κ1) is 24.0. The maximum absolute atomic E-state index is 13.3. The first-order valence-electron chi connectivity index (χ1n) is 8.83. The van der Waals surface area contributed by atoms with E-state index in [1.165, 1.54) is 38.1 Å². The fraction of sp³-hybridized carbons (Fsp3) is 0.273. The van der Waals surface area contributed by atoms with Crippen LogP contribution in [0.2, 0.25) is 0 Å². The molecule has 0 heterocycles. The summed E-state index contributed by atoms with van der Waals surface area (Å²) in [5, 5.41) is 20.2. The molecule has 0 bridgehead atoms. The van der Waals surface area contributed by atoms with Gasteiger partial charge in [0.1, 0.15) is 22.1 Å². The average molecular weight is 471 g/mol. The highest BCUT2D eigenvalue weighted by atomic mass is 35.5. The van der Waals surface area contributed by atoms with Crippen LogP contribution in [-0.2, 0) is 11.2 Å². The number of hydrogen-bond donors (Lipinski definition) is 1.